The Kier molecular flexibility index (Phi) is 6.80. The number of rotatable bonds is 5. The lowest BCUT2D eigenvalue weighted by Crippen LogP contribution is -2.44. The van der Waals surface area contributed by atoms with Gasteiger partial charge in [0, 0.05) is 11.6 Å². The fraction of sp³-hybridized carbons (Fsp3) is 0.500. The van der Waals surface area contributed by atoms with Crippen LogP contribution in [0.5, 0.6) is 0 Å². The summed E-state index contributed by atoms with van der Waals surface area (Å²) in [7, 11) is -3.58. The van der Waals surface area contributed by atoms with Gasteiger partial charge in [0.05, 0.1) is 4.90 Å². The van der Waals surface area contributed by atoms with Gasteiger partial charge in [0.2, 0.25) is 15.9 Å². The summed E-state index contributed by atoms with van der Waals surface area (Å²) in [5.74, 6) is -0.285. The molecular weight excluding hydrogens is 326 g/mol. The number of carbonyl (C=O) groups is 1. The van der Waals surface area contributed by atoms with Crippen molar-refractivity contribution in [2.45, 2.75) is 30.7 Å². The number of piperidine rings is 1. The third kappa shape index (κ3) is 4.67. The molecule has 22 heavy (non-hydrogen) atoms. The highest BCUT2D eigenvalue weighted by Crippen LogP contribution is 2.17. The van der Waals surface area contributed by atoms with Crippen LogP contribution in [-0.2, 0) is 10.0 Å². The van der Waals surface area contributed by atoms with E-state index in [0.29, 0.717) is 11.5 Å². The summed E-state index contributed by atoms with van der Waals surface area (Å²) in [5, 5.41) is 3.27. The van der Waals surface area contributed by atoms with E-state index in [9.17, 15) is 13.2 Å². The van der Waals surface area contributed by atoms with E-state index in [1.165, 1.54) is 24.3 Å². The van der Waals surface area contributed by atoms with Crippen LogP contribution in [-0.4, -0.2) is 33.5 Å². The second kappa shape index (κ2) is 7.92. The van der Waals surface area contributed by atoms with E-state index in [4.69, 9.17) is 5.73 Å². The maximum atomic E-state index is 12.3. The average Bonchev–Trinajstić information content (AvgIpc) is 2.48. The predicted molar refractivity (Wildman–Crippen MR) is 87.6 cm³/mol. The molecule has 1 aromatic rings. The van der Waals surface area contributed by atoms with Gasteiger partial charge in [-0.25, -0.2) is 13.1 Å². The molecule has 1 aromatic carbocycles. The minimum absolute atomic E-state index is 0. The van der Waals surface area contributed by atoms with Gasteiger partial charge in [-0.3, -0.25) is 4.79 Å². The van der Waals surface area contributed by atoms with Crippen molar-refractivity contribution >= 4 is 28.3 Å². The Morgan fingerprint density at radius 1 is 1.36 bits per heavy atom. The molecule has 4 N–H and O–H groups in total. The molecule has 1 aliphatic heterocycles. The first kappa shape index (κ1) is 18.9. The summed E-state index contributed by atoms with van der Waals surface area (Å²) >= 11 is 0. The fourth-order valence-corrected chi connectivity index (χ4v) is 3.83. The first-order valence-electron chi connectivity index (χ1n) is 7.03. The number of hydrogen-bond acceptors (Lipinski definition) is 4. The van der Waals surface area contributed by atoms with E-state index in [-0.39, 0.29) is 23.3 Å². The van der Waals surface area contributed by atoms with E-state index >= 15 is 0 Å². The maximum Gasteiger partial charge on any atom is 0.248 e. The van der Waals surface area contributed by atoms with Crippen LogP contribution in [0.25, 0.3) is 0 Å². The van der Waals surface area contributed by atoms with Crippen molar-refractivity contribution in [1.82, 2.24) is 10.0 Å². The zero-order valence-corrected chi connectivity index (χ0v) is 14.0. The van der Waals surface area contributed by atoms with Crippen LogP contribution in [0, 0.1) is 5.92 Å². The summed E-state index contributed by atoms with van der Waals surface area (Å²) < 4.78 is 27.3. The molecule has 1 aliphatic rings. The van der Waals surface area contributed by atoms with Crippen molar-refractivity contribution in [3.63, 3.8) is 0 Å². The zero-order valence-electron chi connectivity index (χ0n) is 12.4. The number of nitrogens with two attached hydrogens (primary N) is 1. The highest BCUT2D eigenvalue weighted by molar-refractivity contribution is 7.89. The van der Waals surface area contributed by atoms with E-state index in [0.717, 1.165) is 25.9 Å². The van der Waals surface area contributed by atoms with E-state index in [1.807, 2.05) is 6.92 Å². The van der Waals surface area contributed by atoms with Gasteiger partial charge in [-0.1, -0.05) is 0 Å². The van der Waals surface area contributed by atoms with Crippen molar-refractivity contribution in [3.8, 4) is 0 Å². The highest BCUT2D eigenvalue weighted by Gasteiger charge is 2.25. The van der Waals surface area contributed by atoms with Crippen molar-refractivity contribution in [3.05, 3.63) is 29.8 Å². The molecule has 0 radical (unpaired) electrons. The molecule has 8 heteroatoms. The number of benzene rings is 1. The van der Waals surface area contributed by atoms with Crippen molar-refractivity contribution < 1.29 is 13.2 Å². The highest BCUT2D eigenvalue weighted by atomic mass is 35.5. The lowest BCUT2D eigenvalue weighted by atomic mass is 9.94. The van der Waals surface area contributed by atoms with Crippen LogP contribution < -0.4 is 15.8 Å². The molecule has 1 amide bonds. The first-order chi connectivity index (χ1) is 9.90. The molecule has 0 bridgehead atoms. The van der Waals surface area contributed by atoms with Crippen LogP contribution in [0.2, 0.25) is 0 Å². The van der Waals surface area contributed by atoms with Gasteiger partial charge in [-0.2, -0.15) is 0 Å². The molecule has 2 atom stereocenters. The molecule has 1 fully saturated rings. The smallest absolute Gasteiger partial charge is 0.248 e. The number of halogens is 1. The standard InChI is InChI=1S/C14H21N3O3S.ClH/c1-10(12-3-2-8-16-9-12)17-21(19,20)13-6-4-11(5-7-13)14(15)18;/h4-7,10,12,16-17H,2-3,8-9H2,1H3,(H2,15,18);1H. The third-order valence-corrected chi connectivity index (χ3v) is 5.41. The Labute approximate surface area is 137 Å². The van der Waals surface area contributed by atoms with Gasteiger partial charge >= 0.3 is 0 Å². The number of primary amides is 1. The molecular formula is C14H22ClN3O3S. The van der Waals surface area contributed by atoms with Gasteiger partial charge in [0.15, 0.2) is 0 Å². The topological polar surface area (TPSA) is 101 Å². The average molecular weight is 348 g/mol. The van der Waals surface area contributed by atoms with Gasteiger partial charge in [0.1, 0.15) is 0 Å². The predicted octanol–water partition coefficient (Wildman–Crippen LogP) is 0.874. The number of amides is 1. The summed E-state index contributed by atoms with van der Waals surface area (Å²) in [5.41, 5.74) is 5.43. The molecule has 0 spiro atoms. The number of sulfonamides is 1. The third-order valence-electron chi connectivity index (χ3n) is 3.83. The Morgan fingerprint density at radius 3 is 2.50 bits per heavy atom. The molecule has 1 saturated heterocycles. The Morgan fingerprint density at radius 2 is 2.00 bits per heavy atom. The van der Waals surface area contributed by atoms with Crippen molar-refractivity contribution in [2.24, 2.45) is 11.7 Å². The van der Waals surface area contributed by atoms with Gasteiger partial charge in [-0.05, 0) is 63.0 Å². The molecule has 0 saturated carbocycles. The van der Waals surface area contributed by atoms with E-state index in [2.05, 4.69) is 10.0 Å². The number of nitrogens with one attached hydrogen (secondary N) is 2. The largest absolute Gasteiger partial charge is 0.366 e. The molecule has 1 heterocycles. The number of hydrogen-bond donors (Lipinski definition) is 3. The Hall–Kier alpha value is -1.15. The van der Waals surface area contributed by atoms with Gasteiger partial charge < -0.3 is 11.1 Å². The SMILES string of the molecule is CC(NS(=O)(=O)c1ccc(C(N)=O)cc1)C1CCCNC1.Cl. The Balaban J connectivity index is 0.00000242. The fourth-order valence-electron chi connectivity index (χ4n) is 2.51. The molecule has 2 rings (SSSR count). The molecule has 6 nitrogen and oxygen atoms in total. The lowest BCUT2D eigenvalue weighted by Gasteiger charge is -2.28. The van der Waals surface area contributed by atoms with E-state index in [1.54, 1.807) is 0 Å². The second-order valence-corrected chi connectivity index (χ2v) is 7.12. The van der Waals surface area contributed by atoms with Crippen LogP contribution >= 0.6 is 12.4 Å². The summed E-state index contributed by atoms with van der Waals surface area (Å²) in [6.07, 6.45) is 2.07. The van der Waals surface area contributed by atoms with Crippen LogP contribution in [0.3, 0.4) is 0 Å². The molecule has 124 valence electrons. The van der Waals surface area contributed by atoms with Crippen molar-refractivity contribution in [2.75, 3.05) is 13.1 Å². The summed E-state index contributed by atoms with van der Waals surface area (Å²) in [6, 6.07) is 5.49. The lowest BCUT2D eigenvalue weighted by molar-refractivity contribution is 0.1000. The van der Waals surface area contributed by atoms with Crippen LogP contribution in [0.4, 0.5) is 0 Å². The zero-order chi connectivity index (χ0) is 15.5. The summed E-state index contributed by atoms with van der Waals surface area (Å²) in [6.45, 7) is 3.70. The molecule has 2 unspecified atom stereocenters. The van der Waals surface area contributed by atoms with Crippen LogP contribution in [0.15, 0.2) is 29.2 Å². The van der Waals surface area contributed by atoms with Gasteiger partial charge in [0.25, 0.3) is 0 Å². The second-order valence-electron chi connectivity index (χ2n) is 5.41. The van der Waals surface area contributed by atoms with Crippen LogP contribution in [0.1, 0.15) is 30.1 Å². The maximum absolute atomic E-state index is 12.3. The summed E-state index contributed by atoms with van der Waals surface area (Å²) in [4.78, 5) is 11.1. The van der Waals surface area contributed by atoms with Gasteiger partial charge in [-0.15, -0.1) is 12.4 Å². The minimum atomic E-state index is -3.58. The Bertz CT molecular complexity index is 598. The minimum Gasteiger partial charge on any atom is -0.366 e. The number of carbonyl (C=O) groups excluding carboxylic acids is 1. The quantitative estimate of drug-likeness (QED) is 0.735. The normalized spacial score (nSPS) is 20.0. The first-order valence-corrected chi connectivity index (χ1v) is 8.51. The monoisotopic (exact) mass is 347 g/mol. The van der Waals surface area contributed by atoms with E-state index < -0.39 is 15.9 Å². The van der Waals surface area contributed by atoms with Crippen molar-refractivity contribution in [1.29, 1.82) is 0 Å². The molecule has 0 aliphatic carbocycles. The molecule has 0 aromatic heterocycles.